The van der Waals surface area contributed by atoms with Gasteiger partial charge in [0.15, 0.2) is 5.76 Å². The predicted molar refractivity (Wildman–Crippen MR) is 122 cm³/mol. The SMILES string of the molecule is Cc1ccccc1Cn1cc(NC(=O)c2ccc(COc3ccc4c(c3)CCC4)o2)cn1. The molecule has 2 aromatic heterocycles. The standard InChI is InChI=1S/C26H25N3O3/c1-18-5-2-3-6-21(18)15-29-16-22(14-27-29)28-26(30)25-12-11-24(32-25)17-31-23-10-9-19-7-4-8-20(19)13-23/h2-3,5-6,9-14,16H,4,7-8,15,17H2,1H3,(H,28,30). The third-order valence-electron chi connectivity index (χ3n) is 5.82. The van der Waals surface area contributed by atoms with Crippen molar-refractivity contribution in [2.24, 2.45) is 0 Å². The minimum absolute atomic E-state index is 0.240. The van der Waals surface area contributed by atoms with Crippen molar-refractivity contribution in [1.82, 2.24) is 9.78 Å². The first-order chi connectivity index (χ1) is 15.6. The second-order valence-electron chi connectivity index (χ2n) is 8.15. The Morgan fingerprint density at radius 3 is 2.91 bits per heavy atom. The summed E-state index contributed by atoms with van der Waals surface area (Å²) in [4.78, 5) is 12.6. The molecule has 0 radical (unpaired) electrons. The third kappa shape index (κ3) is 4.44. The lowest BCUT2D eigenvalue weighted by molar-refractivity contribution is 0.0992. The van der Waals surface area contributed by atoms with Gasteiger partial charge in [-0.15, -0.1) is 0 Å². The molecule has 0 atom stereocenters. The Balaban J connectivity index is 1.17. The molecular weight excluding hydrogens is 402 g/mol. The van der Waals surface area contributed by atoms with Crippen molar-refractivity contribution < 1.29 is 13.9 Å². The lowest BCUT2D eigenvalue weighted by Gasteiger charge is -2.06. The zero-order valence-corrected chi connectivity index (χ0v) is 18.0. The van der Waals surface area contributed by atoms with Crippen LogP contribution in [0.2, 0.25) is 0 Å². The molecule has 6 heteroatoms. The first-order valence-electron chi connectivity index (χ1n) is 10.9. The molecule has 4 aromatic rings. The summed E-state index contributed by atoms with van der Waals surface area (Å²) in [5.74, 6) is 1.36. The zero-order chi connectivity index (χ0) is 21.9. The number of nitrogens with one attached hydrogen (secondary N) is 1. The number of carbonyl (C=O) groups is 1. The number of furan rings is 1. The van der Waals surface area contributed by atoms with E-state index in [4.69, 9.17) is 9.15 Å². The number of hydrogen-bond acceptors (Lipinski definition) is 4. The van der Waals surface area contributed by atoms with Crippen LogP contribution in [0.25, 0.3) is 0 Å². The fourth-order valence-corrected chi connectivity index (χ4v) is 4.04. The van der Waals surface area contributed by atoms with E-state index in [-0.39, 0.29) is 18.3 Å². The van der Waals surface area contributed by atoms with E-state index in [1.807, 2.05) is 24.4 Å². The molecule has 0 fully saturated rings. The number of rotatable bonds is 7. The number of anilines is 1. The average Bonchev–Trinajstić information content (AvgIpc) is 3.54. The normalized spacial score (nSPS) is 12.5. The molecule has 2 heterocycles. The van der Waals surface area contributed by atoms with Crippen LogP contribution in [-0.4, -0.2) is 15.7 Å². The quantitative estimate of drug-likeness (QED) is 0.443. The molecule has 1 N–H and O–H groups in total. The summed E-state index contributed by atoms with van der Waals surface area (Å²) in [6, 6.07) is 17.8. The van der Waals surface area contributed by atoms with Gasteiger partial charge in [-0.25, -0.2) is 0 Å². The van der Waals surface area contributed by atoms with Crippen molar-refractivity contribution in [3.05, 3.63) is 101 Å². The van der Waals surface area contributed by atoms with Gasteiger partial charge in [-0.05, 0) is 72.7 Å². The Morgan fingerprint density at radius 2 is 2.00 bits per heavy atom. The highest BCUT2D eigenvalue weighted by molar-refractivity contribution is 6.02. The Hall–Kier alpha value is -3.80. The minimum atomic E-state index is -0.316. The van der Waals surface area contributed by atoms with Crippen molar-refractivity contribution in [3.8, 4) is 5.75 Å². The summed E-state index contributed by atoms with van der Waals surface area (Å²) in [7, 11) is 0. The first kappa shape index (κ1) is 20.1. The molecule has 0 saturated carbocycles. The molecule has 0 spiro atoms. The molecule has 1 amide bonds. The van der Waals surface area contributed by atoms with E-state index in [0.717, 1.165) is 18.6 Å². The lowest BCUT2D eigenvalue weighted by Crippen LogP contribution is -2.10. The largest absolute Gasteiger partial charge is 0.486 e. The Labute approximate surface area is 186 Å². The van der Waals surface area contributed by atoms with Gasteiger partial charge < -0.3 is 14.5 Å². The van der Waals surface area contributed by atoms with Crippen LogP contribution in [0.3, 0.4) is 0 Å². The van der Waals surface area contributed by atoms with Crippen LogP contribution in [0.4, 0.5) is 5.69 Å². The van der Waals surface area contributed by atoms with Crippen LogP contribution < -0.4 is 10.1 Å². The van der Waals surface area contributed by atoms with Crippen LogP contribution in [-0.2, 0) is 26.0 Å². The minimum Gasteiger partial charge on any atom is -0.486 e. The maximum Gasteiger partial charge on any atom is 0.291 e. The summed E-state index contributed by atoms with van der Waals surface area (Å²) < 4.78 is 13.3. The number of fused-ring (bicyclic) bond motifs is 1. The van der Waals surface area contributed by atoms with Crippen LogP contribution in [0.15, 0.2) is 71.4 Å². The van der Waals surface area contributed by atoms with Crippen LogP contribution in [0, 0.1) is 6.92 Å². The van der Waals surface area contributed by atoms with Crippen LogP contribution in [0.1, 0.15) is 45.0 Å². The maximum atomic E-state index is 12.6. The molecule has 1 aliphatic carbocycles. The Morgan fingerprint density at radius 1 is 1.12 bits per heavy atom. The van der Waals surface area contributed by atoms with Gasteiger partial charge in [0.1, 0.15) is 18.1 Å². The van der Waals surface area contributed by atoms with Gasteiger partial charge in [0.25, 0.3) is 5.91 Å². The zero-order valence-electron chi connectivity index (χ0n) is 18.0. The molecule has 6 nitrogen and oxygen atoms in total. The third-order valence-corrected chi connectivity index (χ3v) is 5.82. The van der Waals surface area contributed by atoms with Gasteiger partial charge in [-0.2, -0.15) is 5.10 Å². The molecule has 0 aliphatic heterocycles. The Bertz CT molecular complexity index is 1250. The van der Waals surface area contributed by atoms with E-state index in [1.54, 1.807) is 23.0 Å². The van der Waals surface area contributed by atoms with Gasteiger partial charge in [-0.3, -0.25) is 9.48 Å². The fraction of sp³-hybridized carbons (Fsp3) is 0.231. The van der Waals surface area contributed by atoms with Gasteiger partial charge in [0.2, 0.25) is 0 Å². The van der Waals surface area contributed by atoms with Crippen molar-refractivity contribution in [1.29, 1.82) is 0 Å². The van der Waals surface area contributed by atoms with Gasteiger partial charge in [0, 0.05) is 6.20 Å². The summed E-state index contributed by atoms with van der Waals surface area (Å²) in [5, 5.41) is 7.18. The molecule has 162 valence electrons. The van der Waals surface area contributed by atoms with Gasteiger partial charge in [-0.1, -0.05) is 30.3 Å². The monoisotopic (exact) mass is 427 g/mol. The predicted octanol–water partition coefficient (Wildman–Crippen LogP) is 5.15. The number of amides is 1. The summed E-state index contributed by atoms with van der Waals surface area (Å²) >= 11 is 0. The highest BCUT2D eigenvalue weighted by Gasteiger charge is 2.14. The number of aromatic nitrogens is 2. The number of aryl methyl sites for hydroxylation is 3. The smallest absolute Gasteiger partial charge is 0.291 e. The number of carbonyl (C=O) groups excluding carboxylic acids is 1. The van der Waals surface area contributed by atoms with Crippen molar-refractivity contribution >= 4 is 11.6 Å². The fourth-order valence-electron chi connectivity index (χ4n) is 4.04. The molecule has 2 aromatic carbocycles. The van der Waals surface area contributed by atoms with Crippen molar-refractivity contribution in [3.63, 3.8) is 0 Å². The number of ether oxygens (including phenoxy) is 1. The molecule has 5 rings (SSSR count). The number of hydrogen-bond donors (Lipinski definition) is 1. The van der Waals surface area contributed by atoms with Gasteiger partial charge >= 0.3 is 0 Å². The Kier molecular flexibility index (Phi) is 5.50. The van der Waals surface area contributed by atoms with E-state index < -0.39 is 0 Å². The van der Waals surface area contributed by atoms with Crippen molar-refractivity contribution in [2.75, 3.05) is 5.32 Å². The van der Waals surface area contributed by atoms with Gasteiger partial charge in [0.05, 0.1) is 18.4 Å². The summed E-state index contributed by atoms with van der Waals surface area (Å²) in [6.45, 7) is 3.00. The van der Waals surface area contributed by atoms with E-state index >= 15 is 0 Å². The molecule has 0 unspecified atom stereocenters. The first-order valence-corrected chi connectivity index (χ1v) is 10.9. The van der Waals surface area contributed by atoms with Crippen LogP contribution in [0.5, 0.6) is 5.75 Å². The second-order valence-corrected chi connectivity index (χ2v) is 8.15. The van der Waals surface area contributed by atoms with E-state index in [0.29, 0.717) is 18.0 Å². The molecule has 1 aliphatic rings. The number of nitrogens with zero attached hydrogens (tertiary/aromatic N) is 2. The molecule has 0 saturated heterocycles. The average molecular weight is 428 g/mol. The maximum absolute atomic E-state index is 12.6. The summed E-state index contributed by atoms with van der Waals surface area (Å²) in [5.41, 5.74) is 5.80. The molecular formula is C26H25N3O3. The molecule has 0 bridgehead atoms. The number of benzene rings is 2. The van der Waals surface area contributed by atoms with E-state index in [1.165, 1.54) is 28.7 Å². The lowest BCUT2D eigenvalue weighted by atomic mass is 10.1. The highest BCUT2D eigenvalue weighted by atomic mass is 16.5. The highest BCUT2D eigenvalue weighted by Crippen LogP contribution is 2.26. The molecule has 32 heavy (non-hydrogen) atoms. The van der Waals surface area contributed by atoms with Crippen LogP contribution >= 0.6 is 0 Å². The summed E-state index contributed by atoms with van der Waals surface area (Å²) in [6.07, 6.45) is 6.92. The van der Waals surface area contributed by atoms with E-state index in [2.05, 4.69) is 41.6 Å². The van der Waals surface area contributed by atoms with E-state index in [9.17, 15) is 4.79 Å². The second kappa shape index (κ2) is 8.75. The topological polar surface area (TPSA) is 69.3 Å². The van der Waals surface area contributed by atoms with Crippen molar-refractivity contribution in [2.45, 2.75) is 39.3 Å².